The van der Waals surface area contributed by atoms with Gasteiger partial charge in [-0.1, -0.05) is 19.3 Å². The van der Waals surface area contributed by atoms with Crippen LogP contribution in [0.2, 0.25) is 0 Å². The van der Waals surface area contributed by atoms with E-state index < -0.39 is 0 Å². The van der Waals surface area contributed by atoms with Gasteiger partial charge in [-0.2, -0.15) is 0 Å². The number of carbonyl (C=O) groups is 1. The maximum absolute atomic E-state index is 12.1. The van der Waals surface area contributed by atoms with Crippen LogP contribution in [0, 0.1) is 6.92 Å². The van der Waals surface area contributed by atoms with Crippen molar-refractivity contribution in [1.82, 2.24) is 5.32 Å². The van der Waals surface area contributed by atoms with Gasteiger partial charge < -0.3 is 11.1 Å². The van der Waals surface area contributed by atoms with E-state index in [2.05, 4.69) is 5.32 Å². The van der Waals surface area contributed by atoms with Crippen LogP contribution in [0.3, 0.4) is 0 Å². The second-order valence-corrected chi connectivity index (χ2v) is 5.98. The third kappa shape index (κ3) is 3.07. The van der Waals surface area contributed by atoms with Gasteiger partial charge in [-0.3, -0.25) is 4.79 Å². The van der Waals surface area contributed by atoms with E-state index in [1.54, 1.807) is 11.3 Å². The highest BCUT2D eigenvalue weighted by Crippen LogP contribution is 2.23. The number of nitrogens with one attached hydrogen (secondary N) is 1. The van der Waals surface area contributed by atoms with E-state index in [9.17, 15) is 4.79 Å². The molecule has 0 aliphatic heterocycles. The van der Waals surface area contributed by atoms with Gasteiger partial charge >= 0.3 is 0 Å². The number of thiophene rings is 1. The minimum atomic E-state index is 0.0652. The Hall–Kier alpha value is -0.870. The van der Waals surface area contributed by atoms with E-state index >= 15 is 0 Å². The largest absolute Gasteiger partial charge is 0.349 e. The van der Waals surface area contributed by atoms with Crippen molar-refractivity contribution in [1.29, 1.82) is 0 Å². The molecule has 1 saturated carbocycles. The molecule has 2 rings (SSSR count). The SMILES string of the molecule is Cc1cc(CN)c(C(=O)NC2CCCCC2)s1. The van der Waals surface area contributed by atoms with Crippen LogP contribution in [0.1, 0.15) is 52.2 Å². The van der Waals surface area contributed by atoms with Crippen molar-refractivity contribution in [2.75, 3.05) is 0 Å². The Morgan fingerprint density at radius 2 is 2.18 bits per heavy atom. The molecule has 1 amide bonds. The summed E-state index contributed by atoms with van der Waals surface area (Å²) in [6, 6.07) is 2.38. The number of carbonyl (C=O) groups excluding carboxylic acids is 1. The minimum Gasteiger partial charge on any atom is -0.349 e. The molecule has 17 heavy (non-hydrogen) atoms. The van der Waals surface area contributed by atoms with E-state index in [0.29, 0.717) is 12.6 Å². The van der Waals surface area contributed by atoms with Crippen LogP contribution in [0.25, 0.3) is 0 Å². The standard InChI is InChI=1S/C13H20N2OS/c1-9-7-10(8-14)12(17-9)13(16)15-11-5-3-2-4-6-11/h7,11H,2-6,8,14H2,1H3,(H,15,16). The fraction of sp³-hybridized carbons (Fsp3) is 0.615. The molecule has 0 saturated heterocycles. The lowest BCUT2D eigenvalue weighted by Gasteiger charge is -2.22. The molecular formula is C13H20N2OS. The molecule has 1 heterocycles. The number of nitrogens with two attached hydrogens (primary N) is 1. The highest BCUT2D eigenvalue weighted by Gasteiger charge is 2.19. The lowest BCUT2D eigenvalue weighted by atomic mass is 9.95. The topological polar surface area (TPSA) is 55.1 Å². The Morgan fingerprint density at radius 1 is 1.47 bits per heavy atom. The van der Waals surface area contributed by atoms with E-state index in [0.717, 1.165) is 28.2 Å². The van der Waals surface area contributed by atoms with E-state index in [4.69, 9.17) is 5.73 Å². The Labute approximate surface area is 106 Å². The molecule has 1 aromatic rings. The molecule has 1 aliphatic rings. The van der Waals surface area contributed by atoms with Crippen LogP contribution < -0.4 is 11.1 Å². The van der Waals surface area contributed by atoms with Crippen LogP contribution in [0.15, 0.2) is 6.07 Å². The fourth-order valence-electron chi connectivity index (χ4n) is 2.41. The summed E-state index contributed by atoms with van der Waals surface area (Å²) in [5.74, 6) is 0.0652. The molecule has 1 fully saturated rings. The van der Waals surface area contributed by atoms with Crippen LogP contribution in [0.4, 0.5) is 0 Å². The van der Waals surface area contributed by atoms with Crippen molar-refractivity contribution in [2.45, 2.75) is 51.6 Å². The van der Waals surface area contributed by atoms with Crippen LogP contribution >= 0.6 is 11.3 Å². The molecule has 3 nitrogen and oxygen atoms in total. The predicted molar refractivity (Wildman–Crippen MR) is 71.3 cm³/mol. The van der Waals surface area contributed by atoms with Crippen molar-refractivity contribution in [2.24, 2.45) is 5.73 Å². The van der Waals surface area contributed by atoms with Gasteiger partial charge in [0.25, 0.3) is 5.91 Å². The first-order chi connectivity index (χ1) is 8.20. The quantitative estimate of drug-likeness (QED) is 0.868. The minimum absolute atomic E-state index is 0.0652. The molecule has 1 aromatic heterocycles. The molecule has 0 unspecified atom stereocenters. The maximum atomic E-state index is 12.1. The van der Waals surface area contributed by atoms with Crippen LogP contribution in [0.5, 0.6) is 0 Å². The van der Waals surface area contributed by atoms with Crippen molar-refractivity contribution in [3.05, 3.63) is 21.4 Å². The zero-order valence-corrected chi connectivity index (χ0v) is 11.1. The number of hydrogen-bond acceptors (Lipinski definition) is 3. The molecule has 0 atom stereocenters. The van der Waals surface area contributed by atoms with E-state index in [1.807, 2.05) is 13.0 Å². The summed E-state index contributed by atoms with van der Waals surface area (Å²) in [6.07, 6.45) is 6.01. The summed E-state index contributed by atoms with van der Waals surface area (Å²) in [5, 5.41) is 3.14. The molecule has 1 aliphatic carbocycles. The van der Waals surface area contributed by atoms with Gasteiger partial charge in [-0.25, -0.2) is 0 Å². The normalized spacial score (nSPS) is 17.1. The second kappa shape index (κ2) is 5.65. The zero-order chi connectivity index (χ0) is 12.3. The zero-order valence-electron chi connectivity index (χ0n) is 10.3. The Balaban J connectivity index is 2.02. The van der Waals surface area contributed by atoms with Gasteiger partial charge in [0.15, 0.2) is 0 Å². The summed E-state index contributed by atoms with van der Waals surface area (Å²) < 4.78 is 0. The van der Waals surface area contributed by atoms with Crippen LogP contribution in [-0.2, 0) is 6.54 Å². The summed E-state index contributed by atoms with van der Waals surface area (Å²) in [4.78, 5) is 14.1. The van der Waals surface area contributed by atoms with Crippen molar-refractivity contribution in [3.63, 3.8) is 0 Å². The first-order valence-electron chi connectivity index (χ1n) is 6.31. The summed E-state index contributed by atoms with van der Waals surface area (Å²) >= 11 is 1.54. The van der Waals surface area contributed by atoms with Crippen LogP contribution in [-0.4, -0.2) is 11.9 Å². The van der Waals surface area contributed by atoms with Gasteiger partial charge in [0.1, 0.15) is 0 Å². The number of aryl methyl sites for hydroxylation is 1. The van der Waals surface area contributed by atoms with Crippen molar-refractivity contribution < 1.29 is 4.79 Å². The predicted octanol–water partition coefficient (Wildman–Crippen LogP) is 2.58. The van der Waals surface area contributed by atoms with Crippen molar-refractivity contribution >= 4 is 17.2 Å². The van der Waals surface area contributed by atoms with Gasteiger partial charge in [0.05, 0.1) is 4.88 Å². The summed E-state index contributed by atoms with van der Waals surface area (Å²) in [6.45, 7) is 2.46. The lowest BCUT2D eigenvalue weighted by Crippen LogP contribution is -2.36. The Bertz CT molecular complexity index is 394. The highest BCUT2D eigenvalue weighted by molar-refractivity contribution is 7.14. The molecule has 0 spiro atoms. The molecular weight excluding hydrogens is 232 g/mol. The molecule has 0 bridgehead atoms. The lowest BCUT2D eigenvalue weighted by molar-refractivity contribution is 0.0931. The third-order valence-electron chi connectivity index (χ3n) is 3.30. The molecule has 0 aromatic carbocycles. The average Bonchev–Trinajstić information content (AvgIpc) is 2.72. The molecule has 4 heteroatoms. The summed E-state index contributed by atoms with van der Waals surface area (Å²) in [5.41, 5.74) is 6.63. The molecule has 94 valence electrons. The maximum Gasteiger partial charge on any atom is 0.261 e. The van der Waals surface area contributed by atoms with Gasteiger partial charge in [0, 0.05) is 17.5 Å². The monoisotopic (exact) mass is 252 g/mol. The smallest absolute Gasteiger partial charge is 0.261 e. The third-order valence-corrected chi connectivity index (χ3v) is 4.39. The Morgan fingerprint density at radius 3 is 2.82 bits per heavy atom. The average molecular weight is 252 g/mol. The van der Waals surface area contributed by atoms with Gasteiger partial charge in [-0.05, 0) is 31.4 Å². The number of hydrogen-bond donors (Lipinski definition) is 2. The molecule has 3 N–H and O–H groups in total. The van der Waals surface area contributed by atoms with Gasteiger partial charge in [-0.15, -0.1) is 11.3 Å². The van der Waals surface area contributed by atoms with Gasteiger partial charge in [0.2, 0.25) is 0 Å². The Kier molecular flexibility index (Phi) is 4.18. The summed E-state index contributed by atoms with van der Waals surface area (Å²) in [7, 11) is 0. The second-order valence-electron chi connectivity index (χ2n) is 4.72. The first-order valence-corrected chi connectivity index (χ1v) is 7.12. The number of rotatable bonds is 3. The van der Waals surface area contributed by atoms with E-state index in [1.165, 1.54) is 19.3 Å². The molecule has 0 radical (unpaired) electrons. The number of amides is 1. The first kappa shape index (κ1) is 12.6. The van der Waals surface area contributed by atoms with Crippen molar-refractivity contribution in [3.8, 4) is 0 Å². The van der Waals surface area contributed by atoms with E-state index in [-0.39, 0.29) is 5.91 Å². The fourth-order valence-corrected chi connectivity index (χ4v) is 3.36. The highest BCUT2D eigenvalue weighted by atomic mass is 32.1.